The highest BCUT2D eigenvalue weighted by molar-refractivity contribution is 5.63. The van der Waals surface area contributed by atoms with Crippen molar-refractivity contribution in [1.29, 1.82) is 0 Å². The monoisotopic (exact) mass is 294 g/mol. The van der Waals surface area contributed by atoms with Gasteiger partial charge in [0.2, 0.25) is 0 Å². The van der Waals surface area contributed by atoms with Gasteiger partial charge in [-0.05, 0) is 56.9 Å². The van der Waals surface area contributed by atoms with Crippen LogP contribution in [0.1, 0.15) is 50.4 Å². The molecule has 0 spiro atoms. The third kappa shape index (κ3) is 1.46. The van der Waals surface area contributed by atoms with Crippen molar-refractivity contribution in [3.63, 3.8) is 0 Å². The number of aromatic nitrogens is 1. The van der Waals surface area contributed by atoms with Crippen molar-refractivity contribution in [1.82, 2.24) is 4.57 Å². The highest BCUT2D eigenvalue weighted by Crippen LogP contribution is 2.58. The zero-order chi connectivity index (χ0) is 15.7. The van der Waals surface area contributed by atoms with Gasteiger partial charge >= 0.3 is 0 Å². The van der Waals surface area contributed by atoms with Crippen LogP contribution >= 0.6 is 0 Å². The molecule has 0 radical (unpaired) electrons. The van der Waals surface area contributed by atoms with Crippen LogP contribution in [0, 0.1) is 6.92 Å². The van der Waals surface area contributed by atoms with Crippen molar-refractivity contribution in [3.8, 4) is 0 Å². The molecule has 1 fully saturated rings. The summed E-state index contributed by atoms with van der Waals surface area (Å²) in [5.74, 6) is 0. The first-order chi connectivity index (χ1) is 10.4. The lowest BCUT2D eigenvalue weighted by Crippen LogP contribution is -2.66. The molecule has 2 bridgehead atoms. The SMILES string of the molecule is Cc1ccccc1N1[C@@H](C)C2(C)CCC1(C)c1ccn(C)c12. The average molecular weight is 294 g/mol. The van der Waals surface area contributed by atoms with Gasteiger partial charge in [-0.15, -0.1) is 0 Å². The van der Waals surface area contributed by atoms with Crippen molar-refractivity contribution in [2.24, 2.45) is 7.05 Å². The normalized spacial score (nSPS) is 33.1. The first-order valence-electron chi connectivity index (χ1n) is 8.41. The van der Waals surface area contributed by atoms with Gasteiger partial charge in [-0.25, -0.2) is 0 Å². The minimum atomic E-state index is 0.111. The van der Waals surface area contributed by atoms with E-state index in [1.807, 2.05) is 0 Å². The van der Waals surface area contributed by atoms with Gasteiger partial charge in [0.05, 0.1) is 5.54 Å². The van der Waals surface area contributed by atoms with Gasteiger partial charge in [-0.3, -0.25) is 0 Å². The Kier molecular flexibility index (Phi) is 2.65. The predicted octanol–water partition coefficient (Wildman–Crippen LogP) is 4.51. The first kappa shape index (κ1) is 13.9. The molecule has 22 heavy (non-hydrogen) atoms. The standard InChI is InChI=1S/C20H26N2/c1-14-8-6-7-9-17(14)22-15(2)19(3)11-12-20(22,4)16-10-13-21(5)18(16)19/h6-10,13,15H,11-12H2,1-5H3/t15-,19?,20?/m0/s1. The Hall–Kier alpha value is -1.70. The van der Waals surface area contributed by atoms with E-state index in [-0.39, 0.29) is 11.0 Å². The molecule has 1 aliphatic carbocycles. The summed E-state index contributed by atoms with van der Waals surface area (Å²) >= 11 is 0. The Labute approximate surface area is 133 Å². The Morgan fingerprint density at radius 3 is 2.55 bits per heavy atom. The molecule has 3 atom stereocenters. The second-order valence-electron chi connectivity index (χ2n) is 7.71. The number of aryl methyl sites for hydroxylation is 2. The lowest BCUT2D eigenvalue weighted by Gasteiger charge is -2.62. The summed E-state index contributed by atoms with van der Waals surface area (Å²) in [5, 5.41) is 0. The first-order valence-corrected chi connectivity index (χ1v) is 8.41. The van der Waals surface area contributed by atoms with E-state index in [2.05, 4.69) is 80.7 Å². The Morgan fingerprint density at radius 2 is 1.82 bits per heavy atom. The number of piperidine rings is 1. The van der Waals surface area contributed by atoms with E-state index in [9.17, 15) is 0 Å². The Bertz CT molecular complexity index is 744. The summed E-state index contributed by atoms with van der Waals surface area (Å²) in [4.78, 5) is 2.70. The van der Waals surface area contributed by atoms with Crippen molar-refractivity contribution in [2.75, 3.05) is 4.90 Å². The van der Waals surface area contributed by atoms with Gasteiger partial charge in [0.25, 0.3) is 0 Å². The van der Waals surface area contributed by atoms with Crippen molar-refractivity contribution >= 4 is 5.69 Å². The maximum atomic E-state index is 2.70. The molecule has 2 unspecified atom stereocenters. The van der Waals surface area contributed by atoms with Gasteiger partial charge in [0.15, 0.2) is 0 Å². The van der Waals surface area contributed by atoms with E-state index >= 15 is 0 Å². The summed E-state index contributed by atoms with van der Waals surface area (Å²) in [5.41, 5.74) is 6.21. The highest BCUT2D eigenvalue weighted by atomic mass is 15.3. The fraction of sp³-hybridized carbons (Fsp3) is 0.500. The zero-order valence-corrected chi connectivity index (χ0v) is 14.4. The van der Waals surface area contributed by atoms with Crippen LogP contribution in [0.5, 0.6) is 0 Å². The van der Waals surface area contributed by atoms with Gasteiger partial charge in [0, 0.05) is 36.1 Å². The van der Waals surface area contributed by atoms with Crippen molar-refractivity contribution < 1.29 is 0 Å². The molecule has 0 saturated carbocycles. The molecule has 5 rings (SSSR count). The number of para-hydroxylation sites is 1. The van der Waals surface area contributed by atoms with Crippen LogP contribution < -0.4 is 4.90 Å². The molecule has 116 valence electrons. The molecule has 2 aliphatic heterocycles. The van der Waals surface area contributed by atoms with E-state index in [4.69, 9.17) is 0 Å². The topological polar surface area (TPSA) is 8.17 Å². The number of rotatable bonds is 1. The van der Waals surface area contributed by atoms with Gasteiger partial charge in [-0.2, -0.15) is 0 Å². The quantitative estimate of drug-likeness (QED) is 0.751. The molecule has 0 N–H and O–H groups in total. The fourth-order valence-corrected chi connectivity index (χ4v) is 5.11. The highest BCUT2D eigenvalue weighted by Gasteiger charge is 2.57. The molecule has 2 heteroatoms. The van der Waals surface area contributed by atoms with Gasteiger partial charge in [0.1, 0.15) is 0 Å². The van der Waals surface area contributed by atoms with Crippen molar-refractivity contribution in [2.45, 2.75) is 57.5 Å². The van der Waals surface area contributed by atoms with Crippen LogP contribution in [0.15, 0.2) is 36.5 Å². The van der Waals surface area contributed by atoms with E-state index < -0.39 is 0 Å². The van der Waals surface area contributed by atoms with E-state index in [0.29, 0.717) is 6.04 Å². The second kappa shape index (κ2) is 4.18. The third-order valence-electron chi connectivity index (χ3n) is 6.54. The van der Waals surface area contributed by atoms with E-state index in [1.165, 1.54) is 29.7 Å². The molecule has 3 heterocycles. The van der Waals surface area contributed by atoms with Gasteiger partial charge in [-0.1, -0.05) is 25.1 Å². The molecular weight excluding hydrogens is 268 g/mol. The fourth-order valence-electron chi connectivity index (χ4n) is 5.11. The minimum absolute atomic E-state index is 0.111. The summed E-state index contributed by atoms with van der Waals surface area (Å²) in [6, 6.07) is 11.7. The number of fused-ring (bicyclic) bond motifs is 2. The Balaban J connectivity index is 1.99. The smallest absolute Gasteiger partial charge is 0.0647 e. The van der Waals surface area contributed by atoms with Crippen LogP contribution in [-0.2, 0) is 18.0 Å². The number of hydrogen-bond donors (Lipinski definition) is 0. The number of hydrogen-bond acceptors (Lipinski definition) is 1. The van der Waals surface area contributed by atoms with Crippen LogP contribution in [0.25, 0.3) is 0 Å². The molecule has 1 aromatic carbocycles. The van der Waals surface area contributed by atoms with Crippen LogP contribution in [0.2, 0.25) is 0 Å². The van der Waals surface area contributed by atoms with Crippen LogP contribution in [0.4, 0.5) is 5.69 Å². The molecule has 1 aromatic heterocycles. The summed E-state index contributed by atoms with van der Waals surface area (Å²) in [7, 11) is 2.21. The number of anilines is 1. The Morgan fingerprint density at radius 1 is 1.09 bits per heavy atom. The van der Waals surface area contributed by atoms with E-state index in [1.54, 1.807) is 5.69 Å². The van der Waals surface area contributed by atoms with Crippen LogP contribution in [0.3, 0.4) is 0 Å². The molecule has 2 aromatic rings. The van der Waals surface area contributed by atoms with Crippen molar-refractivity contribution in [3.05, 3.63) is 53.3 Å². The maximum Gasteiger partial charge on any atom is 0.0647 e. The predicted molar refractivity (Wildman–Crippen MR) is 92.5 cm³/mol. The molecule has 3 aliphatic rings. The lowest BCUT2D eigenvalue weighted by atomic mass is 9.58. The lowest BCUT2D eigenvalue weighted by molar-refractivity contribution is 0.158. The largest absolute Gasteiger partial charge is 0.358 e. The number of nitrogens with zero attached hydrogens (tertiary/aromatic N) is 2. The molecule has 2 nitrogen and oxygen atoms in total. The third-order valence-corrected chi connectivity index (χ3v) is 6.54. The maximum absolute atomic E-state index is 2.70. The minimum Gasteiger partial charge on any atom is -0.358 e. The summed E-state index contributed by atoms with van der Waals surface area (Å²) < 4.78 is 2.36. The molecular formula is C20H26N2. The summed E-state index contributed by atoms with van der Waals surface area (Å²) in [6.07, 6.45) is 4.76. The van der Waals surface area contributed by atoms with E-state index in [0.717, 1.165) is 0 Å². The second-order valence-corrected chi connectivity index (χ2v) is 7.71. The zero-order valence-electron chi connectivity index (χ0n) is 14.4. The van der Waals surface area contributed by atoms with Gasteiger partial charge < -0.3 is 9.47 Å². The average Bonchev–Trinajstić information content (AvgIpc) is 2.89. The molecule has 0 amide bonds. The van der Waals surface area contributed by atoms with Crippen LogP contribution in [-0.4, -0.2) is 10.6 Å². The summed E-state index contributed by atoms with van der Waals surface area (Å²) in [6.45, 7) is 9.55. The number of benzene rings is 1. The molecule has 1 saturated heterocycles.